The molecule has 1 aliphatic heterocycles. The fourth-order valence-corrected chi connectivity index (χ4v) is 3.41. The van der Waals surface area contributed by atoms with Gasteiger partial charge in [0.2, 0.25) is 17.8 Å². The van der Waals surface area contributed by atoms with E-state index >= 15 is 0 Å². The Morgan fingerprint density at radius 2 is 1.68 bits per heavy atom. The Labute approximate surface area is 182 Å². The molecule has 0 unspecified atom stereocenters. The van der Waals surface area contributed by atoms with Crippen LogP contribution in [0.3, 0.4) is 0 Å². The first kappa shape index (κ1) is 22.6. The van der Waals surface area contributed by atoms with Gasteiger partial charge in [-0.15, -0.1) is 0 Å². The Balaban J connectivity index is 1.55. The van der Waals surface area contributed by atoms with Crippen LogP contribution in [0.25, 0.3) is 0 Å². The van der Waals surface area contributed by atoms with Crippen LogP contribution in [0.4, 0.5) is 16.0 Å². The highest BCUT2D eigenvalue weighted by atomic mass is 19.1. The molecule has 3 rings (SSSR count). The Kier molecular flexibility index (Phi) is 7.17. The lowest BCUT2D eigenvalue weighted by molar-refractivity contribution is -0.140. The van der Waals surface area contributed by atoms with Crippen LogP contribution < -0.4 is 10.2 Å². The van der Waals surface area contributed by atoms with Crippen LogP contribution in [0.2, 0.25) is 0 Å². The summed E-state index contributed by atoms with van der Waals surface area (Å²) in [6.45, 7) is 8.77. The van der Waals surface area contributed by atoms with E-state index in [2.05, 4.69) is 25.1 Å². The van der Waals surface area contributed by atoms with Crippen molar-refractivity contribution in [1.82, 2.24) is 19.8 Å². The van der Waals surface area contributed by atoms with Gasteiger partial charge in [0.25, 0.3) is 0 Å². The third kappa shape index (κ3) is 6.45. The zero-order valence-electron chi connectivity index (χ0n) is 18.2. The van der Waals surface area contributed by atoms with Crippen LogP contribution in [0.15, 0.2) is 42.7 Å². The van der Waals surface area contributed by atoms with E-state index < -0.39 is 5.54 Å². The molecular formula is C22H29FN6O2. The zero-order valence-corrected chi connectivity index (χ0v) is 18.2. The molecule has 9 heteroatoms. The number of aromatic nitrogens is 2. The highest BCUT2D eigenvalue weighted by Gasteiger charge is 2.30. The highest BCUT2D eigenvalue weighted by molar-refractivity contribution is 5.95. The summed E-state index contributed by atoms with van der Waals surface area (Å²) >= 11 is 0. The van der Waals surface area contributed by atoms with Crippen LogP contribution in [0.5, 0.6) is 0 Å². The quantitative estimate of drug-likeness (QED) is 0.758. The summed E-state index contributed by atoms with van der Waals surface area (Å²) < 4.78 is 13.1. The molecule has 0 bridgehead atoms. The number of piperazine rings is 1. The largest absolute Gasteiger partial charge is 0.338 e. The van der Waals surface area contributed by atoms with Crippen LogP contribution in [-0.2, 0) is 9.59 Å². The molecule has 0 radical (unpaired) electrons. The van der Waals surface area contributed by atoms with Gasteiger partial charge in [-0.2, -0.15) is 0 Å². The molecule has 31 heavy (non-hydrogen) atoms. The smallest absolute Gasteiger partial charge is 0.244 e. The van der Waals surface area contributed by atoms with Gasteiger partial charge in [0.05, 0.1) is 6.54 Å². The van der Waals surface area contributed by atoms with Gasteiger partial charge >= 0.3 is 0 Å². The highest BCUT2D eigenvalue weighted by Crippen LogP contribution is 2.16. The molecule has 166 valence electrons. The van der Waals surface area contributed by atoms with Gasteiger partial charge in [-0.05, 0) is 51.1 Å². The predicted octanol–water partition coefficient (Wildman–Crippen LogP) is 2.00. The minimum atomic E-state index is -0.517. The Bertz CT molecular complexity index is 877. The minimum absolute atomic E-state index is 0.0719. The summed E-state index contributed by atoms with van der Waals surface area (Å²) in [4.78, 5) is 39.9. The van der Waals surface area contributed by atoms with Gasteiger partial charge in [0.15, 0.2) is 0 Å². The maximum Gasteiger partial charge on any atom is 0.244 e. The van der Waals surface area contributed by atoms with E-state index in [1.54, 1.807) is 23.4 Å². The van der Waals surface area contributed by atoms with Gasteiger partial charge < -0.3 is 15.1 Å². The van der Waals surface area contributed by atoms with E-state index in [0.717, 1.165) is 13.1 Å². The van der Waals surface area contributed by atoms with E-state index in [4.69, 9.17) is 0 Å². The number of halogens is 1. The van der Waals surface area contributed by atoms with Crippen LogP contribution >= 0.6 is 0 Å². The lowest BCUT2D eigenvalue weighted by Gasteiger charge is -2.39. The van der Waals surface area contributed by atoms with Crippen molar-refractivity contribution in [2.24, 2.45) is 0 Å². The van der Waals surface area contributed by atoms with Crippen molar-refractivity contribution in [3.8, 4) is 0 Å². The van der Waals surface area contributed by atoms with E-state index in [9.17, 15) is 14.0 Å². The maximum atomic E-state index is 13.1. The van der Waals surface area contributed by atoms with Crippen molar-refractivity contribution in [3.05, 3.63) is 48.5 Å². The van der Waals surface area contributed by atoms with Gasteiger partial charge in [-0.25, -0.2) is 14.4 Å². The average molecular weight is 429 g/mol. The molecule has 2 amide bonds. The molecule has 1 saturated heterocycles. The number of anilines is 2. The molecule has 2 heterocycles. The second kappa shape index (κ2) is 9.82. The van der Waals surface area contributed by atoms with Crippen molar-refractivity contribution in [2.75, 3.05) is 49.5 Å². The van der Waals surface area contributed by atoms with Crippen LogP contribution in [0, 0.1) is 5.82 Å². The number of nitrogens with one attached hydrogen (secondary N) is 1. The third-order valence-corrected chi connectivity index (χ3v) is 5.11. The predicted molar refractivity (Wildman–Crippen MR) is 117 cm³/mol. The first-order valence-electron chi connectivity index (χ1n) is 10.3. The Hall–Kier alpha value is -3.07. The van der Waals surface area contributed by atoms with Crippen molar-refractivity contribution in [1.29, 1.82) is 0 Å². The van der Waals surface area contributed by atoms with Crippen molar-refractivity contribution >= 4 is 23.5 Å². The number of benzene rings is 1. The minimum Gasteiger partial charge on any atom is -0.338 e. The SMILES string of the molecule is CC(C)(C)N(CC(=O)Nc1ccc(F)cc1)C(=O)CN1CCN(c2ncccn2)CC1. The summed E-state index contributed by atoms with van der Waals surface area (Å²) in [5.41, 5.74) is -0.0244. The summed E-state index contributed by atoms with van der Waals surface area (Å²) in [6, 6.07) is 7.33. The summed E-state index contributed by atoms with van der Waals surface area (Å²) in [7, 11) is 0. The number of hydrogen-bond donors (Lipinski definition) is 1. The Morgan fingerprint density at radius 3 is 2.26 bits per heavy atom. The zero-order chi connectivity index (χ0) is 22.4. The third-order valence-electron chi connectivity index (χ3n) is 5.11. The molecule has 8 nitrogen and oxygen atoms in total. The van der Waals surface area contributed by atoms with E-state index in [0.29, 0.717) is 24.7 Å². The normalized spacial score (nSPS) is 14.9. The monoisotopic (exact) mass is 428 g/mol. The molecule has 0 aliphatic carbocycles. The molecule has 1 fully saturated rings. The maximum absolute atomic E-state index is 13.1. The van der Waals surface area contributed by atoms with Crippen molar-refractivity contribution < 1.29 is 14.0 Å². The van der Waals surface area contributed by atoms with Gasteiger partial charge in [0, 0.05) is 49.8 Å². The van der Waals surface area contributed by atoms with Gasteiger partial charge in [0.1, 0.15) is 12.4 Å². The lowest BCUT2D eigenvalue weighted by atomic mass is 10.1. The fraction of sp³-hybridized carbons (Fsp3) is 0.455. The van der Waals surface area contributed by atoms with Crippen molar-refractivity contribution in [2.45, 2.75) is 26.3 Å². The molecule has 0 atom stereocenters. The first-order valence-corrected chi connectivity index (χ1v) is 10.3. The standard InChI is InChI=1S/C22H29FN6O2/c1-22(2,3)29(15-19(30)26-18-7-5-17(23)6-8-18)20(31)16-27-11-13-28(14-12-27)21-24-9-4-10-25-21/h4-10H,11-16H2,1-3H3,(H,26,30). The molecule has 1 aromatic heterocycles. The first-order chi connectivity index (χ1) is 14.7. The molecule has 0 saturated carbocycles. The molecular weight excluding hydrogens is 399 g/mol. The number of carbonyl (C=O) groups is 2. The van der Waals surface area contributed by atoms with E-state index in [1.165, 1.54) is 24.3 Å². The Morgan fingerprint density at radius 1 is 1.06 bits per heavy atom. The fourth-order valence-electron chi connectivity index (χ4n) is 3.41. The average Bonchev–Trinajstić information content (AvgIpc) is 2.74. The number of carbonyl (C=O) groups excluding carboxylic acids is 2. The molecule has 1 aromatic carbocycles. The number of nitrogens with zero attached hydrogens (tertiary/aromatic N) is 5. The number of rotatable bonds is 6. The number of amides is 2. The molecule has 0 spiro atoms. The molecule has 2 aromatic rings. The molecule has 1 N–H and O–H groups in total. The van der Waals surface area contributed by atoms with Crippen molar-refractivity contribution in [3.63, 3.8) is 0 Å². The summed E-state index contributed by atoms with van der Waals surface area (Å²) in [6.07, 6.45) is 3.44. The van der Waals surface area contributed by atoms with E-state index in [-0.39, 0.29) is 30.7 Å². The second-order valence-corrected chi connectivity index (χ2v) is 8.52. The van der Waals surface area contributed by atoms with E-state index in [1.807, 2.05) is 20.8 Å². The van der Waals surface area contributed by atoms with Crippen LogP contribution in [-0.4, -0.2) is 76.4 Å². The second-order valence-electron chi connectivity index (χ2n) is 8.52. The lowest BCUT2D eigenvalue weighted by Crippen LogP contribution is -2.55. The summed E-state index contributed by atoms with van der Waals surface area (Å²) in [5.74, 6) is -0.0993. The number of hydrogen-bond acceptors (Lipinski definition) is 6. The molecule has 1 aliphatic rings. The van der Waals surface area contributed by atoms with Crippen LogP contribution in [0.1, 0.15) is 20.8 Å². The summed E-state index contributed by atoms with van der Waals surface area (Å²) in [5, 5.41) is 2.72. The van der Waals surface area contributed by atoms with Gasteiger partial charge in [-0.3, -0.25) is 14.5 Å². The van der Waals surface area contributed by atoms with Gasteiger partial charge in [-0.1, -0.05) is 0 Å². The topological polar surface area (TPSA) is 81.7 Å².